The molecule has 2 aromatic rings. The van der Waals surface area contributed by atoms with Crippen LogP contribution in [0.4, 0.5) is 0 Å². The lowest BCUT2D eigenvalue weighted by atomic mass is 10.2. The average Bonchev–Trinajstić information content (AvgIpc) is 2.59. The van der Waals surface area contributed by atoms with E-state index < -0.39 is 17.9 Å². The summed E-state index contributed by atoms with van der Waals surface area (Å²) in [4.78, 5) is 35.1. The van der Waals surface area contributed by atoms with Gasteiger partial charge < -0.3 is 14.2 Å². The highest BCUT2D eigenvalue weighted by molar-refractivity contribution is 5.95. The molecule has 0 fully saturated rings. The van der Waals surface area contributed by atoms with Gasteiger partial charge in [0.25, 0.3) is 0 Å². The minimum Gasteiger partial charge on any atom is -0.460 e. The summed E-state index contributed by atoms with van der Waals surface area (Å²) in [5.74, 6) is -1.23. The van der Waals surface area contributed by atoms with Crippen LogP contribution in [-0.2, 0) is 14.3 Å². The molecule has 0 amide bonds. The molecule has 0 saturated heterocycles. The summed E-state index contributed by atoms with van der Waals surface area (Å²) in [6.45, 7) is 4.78. The Balaban J connectivity index is 2.12. The summed E-state index contributed by atoms with van der Waals surface area (Å²) >= 11 is 0. The first kappa shape index (κ1) is 19.9. The first-order valence-electron chi connectivity index (χ1n) is 8.33. The topological polar surface area (TPSA) is 78.9 Å². The van der Waals surface area contributed by atoms with Crippen LogP contribution in [0.2, 0.25) is 0 Å². The Labute approximate surface area is 157 Å². The van der Waals surface area contributed by atoms with Crippen LogP contribution in [0.15, 0.2) is 54.6 Å². The van der Waals surface area contributed by atoms with E-state index in [-0.39, 0.29) is 23.2 Å². The first-order valence-corrected chi connectivity index (χ1v) is 8.33. The van der Waals surface area contributed by atoms with Gasteiger partial charge in [0.15, 0.2) is 0 Å². The van der Waals surface area contributed by atoms with E-state index in [0.717, 1.165) is 0 Å². The number of esters is 3. The maximum absolute atomic E-state index is 12.4. The number of carbonyl (C=O) groups excluding carboxylic acids is 3. The van der Waals surface area contributed by atoms with E-state index in [2.05, 4.69) is 0 Å². The molecule has 2 aromatic carbocycles. The normalized spacial score (nSPS) is 10.7. The fourth-order valence-electron chi connectivity index (χ4n) is 2.16. The molecule has 0 atom stereocenters. The largest absolute Gasteiger partial charge is 0.460 e. The Hall–Kier alpha value is -3.41. The van der Waals surface area contributed by atoms with Crippen molar-refractivity contribution in [1.29, 1.82) is 0 Å². The quantitative estimate of drug-likeness (QED) is 0.438. The first-order chi connectivity index (χ1) is 12.8. The molecule has 0 saturated carbocycles. The van der Waals surface area contributed by atoms with Crippen molar-refractivity contribution in [1.82, 2.24) is 0 Å². The van der Waals surface area contributed by atoms with Gasteiger partial charge in [0.1, 0.15) is 17.1 Å². The standard InChI is InChI=1S/C21H20O6/c1-14(2)25-20(23)12-11-16-7-6-8-17(13-16)27-21(24)18-9-4-5-10-19(18)26-15(3)22/h4-14H,1-3H3/b12-11+. The molecule has 0 aliphatic carbocycles. The molecule has 0 heterocycles. The van der Waals surface area contributed by atoms with Crippen LogP contribution < -0.4 is 9.47 Å². The highest BCUT2D eigenvalue weighted by Crippen LogP contribution is 2.22. The predicted molar refractivity (Wildman–Crippen MR) is 99.4 cm³/mol. The molecule has 2 rings (SSSR count). The average molecular weight is 368 g/mol. The van der Waals surface area contributed by atoms with Gasteiger partial charge in [-0.1, -0.05) is 24.3 Å². The summed E-state index contributed by atoms with van der Waals surface area (Å²) in [5.41, 5.74) is 0.795. The van der Waals surface area contributed by atoms with E-state index in [1.165, 1.54) is 25.1 Å². The Morgan fingerprint density at radius 1 is 0.963 bits per heavy atom. The van der Waals surface area contributed by atoms with Crippen molar-refractivity contribution in [3.8, 4) is 11.5 Å². The SMILES string of the molecule is CC(=O)Oc1ccccc1C(=O)Oc1cccc(/C=C/C(=O)OC(C)C)c1. The molecule has 0 unspecified atom stereocenters. The number of rotatable bonds is 6. The second-order valence-corrected chi connectivity index (χ2v) is 5.87. The van der Waals surface area contributed by atoms with Crippen molar-refractivity contribution in [3.63, 3.8) is 0 Å². The lowest BCUT2D eigenvalue weighted by molar-refractivity contribution is -0.141. The van der Waals surface area contributed by atoms with Crippen LogP contribution in [0.25, 0.3) is 6.08 Å². The zero-order valence-electron chi connectivity index (χ0n) is 15.3. The van der Waals surface area contributed by atoms with Crippen molar-refractivity contribution >= 4 is 24.0 Å². The summed E-state index contributed by atoms with van der Waals surface area (Å²) in [6.07, 6.45) is 2.66. The van der Waals surface area contributed by atoms with Crippen LogP contribution >= 0.6 is 0 Å². The number of hydrogen-bond donors (Lipinski definition) is 0. The number of para-hydroxylation sites is 1. The van der Waals surface area contributed by atoms with Gasteiger partial charge in [-0.2, -0.15) is 0 Å². The molecule has 0 spiro atoms. The van der Waals surface area contributed by atoms with E-state index in [4.69, 9.17) is 14.2 Å². The van der Waals surface area contributed by atoms with Gasteiger partial charge in [-0.25, -0.2) is 9.59 Å². The monoisotopic (exact) mass is 368 g/mol. The number of ether oxygens (including phenoxy) is 3. The summed E-state index contributed by atoms with van der Waals surface area (Å²) < 4.78 is 15.4. The van der Waals surface area contributed by atoms with Crippen LogP contribution in [0.3, 0.4) is 0 Å². The van der Waals surface area contributed by atoms with Crippen LogP contribution in [0, 0.1) is 0 Å². The van der Waals surface area contributed by atoms with Gasteiger partial charge in [-0.15, -0.1) is 0 Å². The third-order valence-electron chi connectivity index (χ3n) is 3.19. The zero-order chi connectivity index (χ0) is 19.8. The summed E-state index contributed by atoms with van der Waals surface area (Å²) in [5, 5.41) is 0. The van der Waals surface area contributed by atoms with E-state index in [9.17, 15) is 14.4 Å². The second-order valence-electron chi connectivity index (χ2n) is 5.87. The molecule has 0 aliphatic rings. The van der Waals surface area contributed by atoms with Gasteiger partial charge in [-0.05, 0) is 49.8 Å². The smallest absolute Gasteiger partial charge is 0.347 e. The third-order valence-corrected chi connectivity index (χ3v) is 3.19. The highest BCUT2D eigenvalue weighted by Gasteiger charge is 2.16. The Morgan fingerprint density at radius 2 is 1.70 bits per heavy atom. The van der Waals surface area contributed by atoms with Gasteiger partial charge in [0.05, 0.1) is 6.10 Å². The van der Waals surface area contributed by atoms with Crippen molar-refractivity contribution in [3.05, 3.63) is 65.7 Å². The Kier molecular flexibility index (Phi) is 6.88. The van der Waals surface area contributed by atoms with Crippen LogP contribution in [0.5, 0.6) is 11.5 Å². The molecule has 0 aliphatic heterocycles. The lowest BCUT2D eigenvalue weighted by Crippen LogP contribution is -2.12. The highest BCUT2D eigenvalue weighted by atomic mass is 16.6. The van der Waals surface area contributed by atoms with Crippen molar-refractivity contribution < 1.29 is 28.6 Å². The van der Waals surface area contributed by atoms with Gasteiger partial charge >= 0.3 is 17.9 Å². The lowest BCUT2D eigenvalue weighted by Gasteiger charge is -2.09. The van der Waals surface area contributed by atoms with Crippen LogP contribution in [-0.4, -0.2) is 24.0 Å². The molecule has 0 N–H and O–H groups in total. The maximum Gasteiger partial charge on any atom is 0.347 e. The Bertz CT molecular complexity index is 866. The van der Waals surface area contributed by atoms with E-state index >= 15 is 0 Å². The summed E-state index contributed by atoms with van der Waals surface area (Å²) in [7, 11) is 0. The van der Waals surface area contributed by atoms with Crippen molar-refractivity contribution in [2.45, 2.75) is 26.9 Å². The van der Waals surface area contributed by atoms with E-state index in [1.54, 1.807) is 56.3 Å². The molecule has 0 radical (unpaired) electrons. The minimum atomic E-state index is -0.660. The molecular weight excluding hydrogens is 348 g/mol. The second kappa shape index (κ2) is 9.33. The molecule has 27 heavy (non-hydrogen) atoms. The van der Waals surface area contributed by atoms with Crippen LogP contribution in [0.1, 0.15) is 36.7 Å². The van der Waals surface area contributed by atoms with Gasteiger partial charge in [-0.3, -0.25) is 4.79 Å². The number of carbonyl (C=O) groups is 3. The molecule has 0 bridgehead atoms. The summed E-state index contributed by atoms with van der Waals surface area (Å²) in [6, 6.07) is 13.0. The van der Waals surface area contributed by atoms with Crippen molar-refractivity contribution in [2.24, 2.45) is 0 Å². The number of hydrogen-bond acceptors (Lipinski definition) is 6. The fourth-order valence-corrected chi connectivity index (χ4v) is 2.16. The molecule has 140 valence electrons. The maximum atomic E-state index is 12.4. The van der Waals surface area contributed by atoms with Crippen molar-refractivity contribution in [2.75, 3.05) is 0 Å². The Morgan fingerprint density at radius 3 is 2.41 bits per heavy atom. The predicted octanol–water partition coefficient (Wildman–Crippen LogP) is 3.80. The number of benzene rings is 2. The van der Waals surface area contributed by atoms with Gasteiger partial charge in [0.2, 0.25) is 0 Å². The molecular formula is C21H20O6. The molecule has 6 heteroatoms. The molecule has 6 nitrogen and oxygen atoms in total. The molecule has 0 aromatic heterocycles. The third kappa shape index (κ3) is 6.43. The van der Waals surface area contributed by atoms with E-state index in [0.29, 0.717) is 5.56 Å². The zero-order valence-corrected chi connectivity index (χ0v) is 15.3. The fraction of sp³-hybridized carbons (Fsp3) is 0.190. The van der Waals surface area contributed by atoms with Gasteiger partial charge in [0, 0.05) is 13.0 Å². The minimum absolute atomic E-state index is 0.127. The van der Waals surface area contributed by atoms with E-state index in [1.807, 2.05) is 0 Å².